The van der Waals surface area contributed by atoms with Gasteiger partial charge in [0, 0.05) is 37.9 Å². The summed E-state index contributed by atoms with van der Waals surface area (Å²) in [5.41, 5.74) is 1.21. The zero-order chi connectivity index (χ0) is 20.1. The second kappa shape index (κ2) is 8.51. The number of ether oxygens (including phenoxy) is 1. The van der Waals surface area contributed by atoms with E-state index < -0.39 is 5.97 Å². The Labute approximate surface area is 162 Å². The number of carboxylic acid groups (broad SMARTS) is 1. The number of aromatic nitrogens is 1. The fraction of sp³-hybridized carbons (Fsp3) is 0.300. The summed E-state index contributed by atoms with van der Waals surface area (Å²) in [7, 11) is 0. The van der Waals surface area contributed by atoms with Gasteiger partial charge in [-0.1, -0.05) is 17.7 Å². The monoisotopic (exact) mass is 383 g/mol. The van der Waals surface area contributed by atoms with Crippen molar-refractivity contribution in [1.82, 2.24) is 14.8 Å². The van der Waals surface area contributed by atoms with E-state index in [1.54, 1.807) is 9.80 Å². The predicted octanol–water partition coefficient (Wildman–Crippen LogP) is 1.45. The van der Waals surface area contributed by atoms with Gasteiger partial charge in [-0.15, -0.1) is 0 Å². The van der Waals surface area contributed by atoms with Gasteiger partial charge in [0.2, 0.25) is 0 Å². The topological polar surface area (TPSA) is 100 Å². The largest absolute Gasteiger partial charge is 0.484 e. The predicted molar refractivity (Wildman–Crippen MR) is 100 cm³/mol. The smallest absolute Gasteiger partial charge is 0.354 e. The van der Waals surface area contributed by atoms with Gasteiger partial charge in [0.1, 0.15) is 11.4 Å². The van der Waals surface area contributed by atoms with Crippen LogP contribution in [0.2, 0.25) is 0 Å². The summed E-state index contributed by atoms with van der Waals surface area (Å²) in [5, 5.41) is 9.00. The van der Waals surface area contributed by atoms with E-state index in [0.717, 1.165) is 5.56 Å². The van der Waals surface area contributed by atoms with Gasteiger partial charge in [0.25, 0.3) is 11.8 Å². The number of hydrogen-bond acceptors (Lipinski definition) is 5. The van der Waals surface area contributed by atoms with Gasteiger partial charge in [-0.3, -0.25) is 9.59 Å². The molecule has 0 radical (unpaired) electrons. The summed E-state index contributed by atoms with van der Waals surface area (Å²) < 4.78 is 5.52. The normalized spacial score (nSPS) is 13.9. The number of amides is 2. The van der Waals surface area contributed by atoms with Gasteiger partial charge < -0.3 is 19.6 Å². The number of rotatable bonds is 5. The van der Waals surface area contributed by atoms with Crippen LogP contribution in [0.15, 0.2) is 42.6 Å². The molecule has 1 saturated heterocycles. The van der Waals surface area contributed by atoms with Gasteiger partial charge in [-0.25, -0.2) is 9.78 Å². The molecule has 3 rings (SSSR count). The minimum Gasteiger partial charge on any atom is -0.484 e. The Bertz CT molecular complexity index is 874. The fourth-order valence-electron chi connectivity index (χ4n) is 2.89. The average Bonchev–Trinajstić information content (AvgIpc) is 2.72. The second-order valence-electron chi connectivity index (χ2n) is 6.51. The number of pyridine rings is 1. The summed E-state index contributed by atoms with van der Waals surface area (Å²) in [5.74, 6) is -0.948. The van der Waals surface area contributed by atoms with Crippen molar-refractivity contribution in [2.75, 3.05) is 32.8 Å². The molecule has 0 aliphatic carbocycles. The van der Waals surface area contributed by atoms with Crippen molar-refractivity contribution in [3.8, 4) is 5.75 Å². The fourth-order valence-corrected chi connectivity index (χ4v) is 2.89. The first-order chi connectivity index (χ1) is 13.4. The Morgan fingerprint density at radius 1 is 1.04 bits per heavy atom. The van der Waals surface area contributed by atoms with Crippen LogP contribution < -0.4 is 4.74 Å². The first-order valence-electron chi connectivity index (χ1n) is 8.90. The third kappa shape index (κ3) is 4.64. The molecule has 1 aromatic heterocycles. The summed E-state index contributed by atoms with van der Waals surface area (Å²) in [6, 6.07) is 10.2. The molecule has 1 N–H and O–H groups in total. The van der Waals surface area contributed by atoms with E-state index in [2.05, 4.69) is 4.98 Å². The molecule has 1 fully saturated rings. The highest BCUT2D eigenvalue weighted by atomic mass is 16.5. The van der Waals surface area contributed by atoms with Gasteiger partial charge >= 0.3 is 5.97 Å². The molecule has 8 nitrogen and oxygen atoms in total. The zero-order valence-corrected chi connectivity index (χ0v) is 15.5. The Hall–Kier alpha value is -3.42. The molecule has 0 atom stereocenters. The molecular weight excluding hydrogens is 362 g/mol. The highest BCUT2D eigenvalue weighted by Crippen LogP contribution is 2.13. The Morgan fingerprint density at radius 3 is 2.32 bits per heavy atom. The second-order valence-corrected chi connectivity index (χ2v) is 6.51. The lowest BCUT2D eigenvalue weighted by atomic mass is 10.2. The van der Waals surface area contributed by atoms with Crippen LogP contribution in [-0.2, 0) is 4.79 Å². The number of aryl methyl sites for hydroxylation is 1. The molecule has 0 unspecified atom stereocenters. The van der Waals surface area contributed by atoms with Crippen LogP contribution in [0.1, 0.15) is 26.4 Å². The van der Waals surface area contributed by atoms with E-state index in [-0.39, 0.29) is 29.7 Å². The van der Waals surface area contributed by atoms with Crippen LogP contribution in [0.5, 0.6) is 5.75 Å². The molecule has 1 aliphatic heterocycles. The molecule has 1 aliphatic rings. The van der Waals surface area contributed by atoms with Gasteiger partial charge in [0.15, 0.2) is 6.61 Å². The molecular formula is C20H21N3O5. The molecule has 28 heavy (non-hydrogen) atoms. The van der Waals surface area contributed by atoms with E-state index >= 15 is 0 Å². The third-order valence-corrected chi connectivity index (χ3v) is 4.53. The molecule has 0 saturated carbocycles. The third-order valence-electron chi connectivity index (χ3n) is 4.53. The quantitative estimate of drug-likeness (QED) is 0.839. The lowest BCUT2D eigenvalue weighted by molar-refractivity contribution is -0.134. The first-order valence-corrected chi connectivity index (χ1v) is 8.90. The number of hydrogen-bond donors (Lipinski definition) is 1. The van der Waals surface area contributed by atoms with Crippen LogP contribution in [0.4, 0.5) is 0 Å². The minimum atomic E-state index is -1.18. The van der Waals surface area contributed by atoms with E-state index in [1.807, 2.05) is 31.2 Å². The Balaban J connectivity index is 1.51. The van der Waals surface area contributed by atoms with Crippen molar-refractivity contribution < 1.29 is 24.2 Å². The lowest BCUT2D eigenvalue weighted by Gasteiger charge is -2.34. The van der Waals surface area contributed by atoms with Crippen LogP contribution >= 0.6 is 0 Å². The van der Waals surface area contributed by atoms with Crippen molar-refractivity contribution in [3.05, 3.63) is 59.4 Å². The van der Waals surface area contributed by atoms with E-state index in [1.165, 1.54) is 18.3 Å². The van der Waals surface area contributed by atoms with Crippen molar-refractivity contribution >= 4 is 17.8 Å². The molecule has 2 heterocycles. The van der Waals surface area contributed by atoms with Crippen molar-refractivity contribution in [2.45, 2.75) is 6.92 Å². The van der Waals surface area contributed by atoms with Crippen LogP contribution in [0.3, 0.4) is 0 Å². The number of aromatic carboxylic acids is 1. The summed E-state index contributed by atoms with van der Waals surface area (Å²) in [6.45, 7) is 3.48. The molecule has 1 aromatic carbocycles. The number of carbonyl (C=O) groups is 3. The lowest BCUT2D eigenvalue weighted by Crippen LogP contribution is -2.51. The summed E-state index contributed by atoms with van der Waals surface area (Å²) in [6.07, 6.45) is 1.30. The number of piperazine rings is 1. The van der Waals surface area contributed by atoms with Gasteiger partial charge in [-0.05, 0) is 31.2 Å². The van der Waals surface area contributed by atoms with Crippen LogP contribution in [0.25, 0.3) is 0 Å². The minimum absolute atomic E-state index is 0.0522. The van der Waals surface area contributed by atoms with E-state index in [4.69, 9.17) is 9.84 Å². The molecule has 0 spiro atoms. The number of nitrogens with zero attached hydrogens (tertiary/aromatic N) is 3. The van der Waals surface area contributed by atoms with Crippen molar-refractivity contribution in [2.24, 2.45) is 0 Å². The maximum Gasteiger partial charge on any atom is 0.354 e. The molecule has 0 bridgehead atoms. The van der Waals surface area contributed by atoms with Gasteiger partial charge in [0.05, 0.1) is 0 Å². The molecule has 146 valence electrons. The first kappa shape index (κ1) is 19.3. The number of benzene rings is 1. The average molecular weight is 383 g/mol. The van der Waals surface area contributed by atoms with E-state index in [0.29, 0.717) is 31.9 Å². The summed E-state index contributed by atoms with van der Waals surface area (Å²) >= 11 is 0. The highest BCUT2D eigenvalue weighted by Gasteiger charge is 2.25. The van der Waals surface area contributed by atoms with Crippen molar-refractivity contribution in [3.63, 3.8) is 0 Å². The van der Waals surface area contributed by atoms with Gasteiger partial charge in [-0.2, -0.15) is 0 Å². The number of carbonyl (C=O) groups excluding carboxylic acids is 2. The van der Waals surface area contributed by atoms with Crippen molar-refractivity contribution in [1.29, 1.82) is 0 Å². The van der Waals surface area contributed by atoms with Crippen LogP contribution in [0, 0.1) is 6.92 Å². The zero-order valence-electron chi connectivity index (χ0n) is 15.5. The Morgan fingerprint density at radius 2 is 1.68 bits per heavy atom. The number of carboxylic acids is 1. The summed E-state index contributed by atoms with van der Waals surface area (Å²) in [4.78, 5) is 42.9. The van der Waals surface area contributed by atoms with Crippen LogP contribution in [-0.4, -0.2) is 70.5 Å². The molecule has 8 heteroatoms. The van der Waals surface area contributed by atoms with E-state index in [9.17, 15) is 14.4 Å². The SMILES string of the molecule is Cc1ccc(OCC(=O)N2CCN(C(=O)c3ccnc(C(=O)O)c3)CC2)cc1. The maximum absolute atomic E-state index is 12.6. The Kier molecular flexibility index (Phi) is 5.88. The molecule has 2 aromatic rings. The highest BCUT2D eigenvalue weighted by molar-refractivity contribution is 5.96. The standard InChI is InChI=1S/C20H21N3O5/c1-14-2-4-16(5-3-14)28-13-18(24)22-8-10-23(11-9-22)19(25)15-6-7-21-17(12-15)20(26)27/h2-7,12H,8-11,13H2,1H3,(H,26,27). The molecule has 2 amide bonds. The maximum atomic E-state index is 12.6.